The highest BCUT2D eigenvalue weighted by molar-refractivity contribution is 5.83. The Labute approximate surface area is 143 Å². The van der Waals surface area contributed by atoms with Crippen LogP contribution in [-0.4, -0.2) is 16.9 Å². The maximum absolute atomic E-state index is 13.2. The minimum absolute atomic E-state index is 0.0203. The molecule has 1 N–H and O–H groups in total. The van der Waals surface area contributed by atoms with Crippen LogP contribution in [0, 0.1) is 22.9 Å². The summed E-state index contributed by atoms with van der Waals surface area (Å²) in [6.07, 6.45) is 0.902. The van der Waals surface area contributed by atoms with E-state index in [1.807, 2.05) is 0 Å². The molecule has 2 aromatic rings. The minimum atomic E-state index is -0.956. The molecule has 0 aromatic heterocycles. The van der Waals surface area contributed by atoms with E-state index < -0.39 is 16.8 Å². The van der Waals surface area contributed by atoms with Gasteiger partial charge in [0.15, 0.2) is 0 Å². The number of nitrogens with one attached hydrogen (secondary N) is 1. The predicted octanol–water partition coefficient (Wildman–Crippen LogP) is 3.44. The molecule has 25 heavy (non-hydrogen) atoms. The summed E-state index contributed by atoms with van der Waals surface area (Å²) in [5.41, 5.74) is 0.923. The first-order valence-electron chi connectivity index (χ1n) is 7.91. The number of amides is 1. The Balaban J connectivity index is 1.86. The van der Waals surface area contributed by atoms with Crippen molar-refractivity contribution >= 4 is 11.6 Å². The quantitative estimate of drug-likeness (QED) is 0.643. The lowest BCUT2D eigenvalue weighted by Crippen LogP contribution is -2.33. The van der Waals surface area contributed by atoms with Crippen molar-refractivity contribution in [1.82, 2.24) is 5.32 Å². The Morgan fingerprint density at radius 1 is 1.28 bits per heavy atom. The number of nitrogens with zero attached hydrogens (tertiary/aromatic N) is 1. The van der Waals surface area contributed by atoms with Gasteiger partial charge < -0.3 is 10.1 Å². The summed E-state index contributed by atoms with van der Waals surface area (Å²) in [7, 11) is 0. The van der Waals surface area contributed by atoms with E-state index in [1.165, 1.54) is 42.5 Å². The molecular formula is C18H17FN2O4. The zero-order valence-electron chi connectivity index (χ0n) is 13.6. The van der Waals surface area contributed by atoms with E-state index in [1.54, 1.807) is 6.92 Å². The summed E-state index contributed by atoms with van der Waals surface area (Å²) < 4.78 is 19.0. The topological polar surface area (TPSA) is 81.5 Å². The molecule has 1 saturated carbocycles. The highest BCUT2D eigenvalue weighted by atomic mass is 19.1. The third kappa shape index (κ3) is 4.12. The summed E-state index contributed by atoms with van der Waals surface area (Å²) in [6, 6.07) is 9.96. The first-order chi connectivity index (χ1) is 11.9. The minimum Gasteiger partial charge on any atom is -0.476 e. The van der Waals surface area contributed by atoms with Gasteiger partial charge in [-0.2, -0.15) is 0 Å². The number of nitro benzene ring substituents is 1. The lowest BCUT2D eigenvalue weighted by molar-refractivity contribution is -0.385. The van der Waals surface area contributed by atoms with E-state index in [0.29, 0.717) is 16.9 Å². The Kier molecular flexibility index (Phi) is 4.65. The smallest absolute Gasteiger partial charge is 0.272 e. The zero-order valence-corrected chi connectivity index (χ0v) is 13.6. The van der Waals surface area contributed by atoms with Gasteiger partial charge in [0, 0.05) is 23.2 Å². The highest BCUT2D eigenvalue weighted by Gasteiger charge is 2.30. The van der Waals surface area contributed by atoms with Gasteiger partial charge in [0.1, 0.15) is 11.6 Å². The molecule has 0 heterocycles. The van der Waals surface area contributed by atoms with Gasteiger partial charge >= 0.3 is 0 Å². The fourth-order valence-electron chi connectivity index (χ4n) is 2.46. The number of carbonyl (C=O) groups is 1. The average Bonchev–Trinajstić information content (AvgIpc) is 3.37. The normalized spacial score (nSPS) is 14.6. The number of hydrogen-bond donors (Lipinski definition) is 1. The number of hydrogen-bond acceptors (Lipinski definition) is 4. The lowest BCUT2D eigenvalue weighted by Gasteiger charge is -2.19. The molecule has 0 bridgehead atoms. The fraction of sp³-hybridized carbons (Fsp3) is 0.278. The molecule has 6 nitrogen and oxygen atoms in total. The Morgan fingerprint density at radius 2 is 1.96 bits per heavy atom. The van der Waals surface area contributed by atoms with Crippen molar-refractivity contribution in [2.45, 2.75) is 31.9 Å². The van der Waals surface area contributed by atoms with E-state index in [9.17, 15) is 19.3 Å². The fourth-order valence-corrected chi connectivity index (χ4v) is 2.46. The zero-order chi connectivity index (χ0) is 18.0. The summed E-state index contributed by atoms with van der Waals surface area (Å²) in [4.78, 5) is 22.9. The molecule has 0 saturated heterocycles. The standard InChI is InChI=1S/C18H17FN2O4/c1-11-10-15(8-9-16(11)21(23)24)25-17(18(22)20-14-6-7-14)12-2-4-13(19)5-3-12/h2-5,8-10,14,17H,6-7H2,1H3,(H,20,22). The summed E-state index contributed by atoms with van der Waals surface area (Å²) in [5, 5.41) is 13.8. The number of benzene rings is 2. The van der Waals surface area contributed by atoms with Crippen molar-refractivity contribution in [1.29, 1.82) is 0 Å². The number of nitro groups is 1. The number of rotatable bonds is 6. The van der Waals surface area contributed by atoms with Crippen molar-refractivity contribution in [3.8, 4) is 5.75 Å². The van der Waals surface area contributed by atoms with E-state index in [-0.39, 0.29) is 17.6 Å². The van der Waals surface area contributed by atoms with Gasteiger partial charge in [-0.3, -0.25) is 14.9 Å². The Bertz CT molecular complexity index is 803. The molecule has 0 aliphatic heterocycles. The lowest BCUT2D eigenvalue weighted by atomic mass is 10.1. The molecule has 0 spiro atoms. The van der Waals surface area contributed by atoms with Crippen molar-refractivity contribution in [3.63, 3.8) is 0 Å². The van der Waals surface area contributed by atoms with Gasteiger partial charge in [-0.15, -0.1) is 0 Å². The SMILES string of the molecule is Cc1cc(OC(C(=O)NC2CC2)c2ccc(F)cc2)ccc1[N+](=O)[O-]. The number of carbonyl (C=O) groups excluding carboxylic acids is 1. The summed E-state index contributed by atoms with van der Waals surface area (Å²) in [6.45, 7) is 1.60. The van der Waals surface area contributed by atoms with Gasteiger partial charge in [-0.05, 0) is 44.0 Å². The van der Waals surface area contributed by atoms with E-state index in [0.717, 1.165) is 12.8 Å². The molecule has 1 atom stereocenters. The summed E-state index contributed by atoms with van der Waals surface area (Å²) >= 11 is 0. The van der Waals surface area contributed by atoms with Crippen LogP contribution in [0.25, 0.3) is 0 Å². The van der Waals surface area contributed by atoms with Crippen molar-refractivity contribution < 1.29 is 18.8 Å². The molecule has 3 rings (SSSR count). The van der Waals surface area contributed by atoms with Crippen LogP contribution >= 0.6 is 0 Å². The van der Waals surface area contributed by atoms with Gasteiger partial charge in [0.25, 0.3) is 11.6 Å². The van der Waals surface area contributed by atoms with Crippen molar-refractivity contribution in [3.05, 3.63) is 69.5 Å². The molecule has 1 fully saturated rings. The molecule has 2 aromatic carbocycles. The largest absolute Gasteiger partial charge is 0.476 e. The van der Waals surface area contributed by atoms with Crippen LogP contribution in [0.15, 0.2) is 42.5 Å². The van der Waals surface area contributed by atoms with Crippen LogP contribution in [-0.2, 0) is 4.79 Å². The number of halogens is 1. The number of aryl methyl sites for hydroxylation is 1. The molecule has 7 heteroatoms. The third-order valence-electron chi connectivity index (χ3n) is 3.95. The Hall–Kier alpha value is -2.96. The highest BCUT2D eigenvalue weighted by Crippen LogP contribution is 2.28. The second kappa shape index (κ2) is 6.88. The maximum atomic E-state index is 13.2. The van der Waals surface area contributed by atoms with Crippen molar-refractivity contribution in [2.75, 3.05) is 0 Å². The van der Waals surface area contributed by atoms with Gasteiger partial charge in [-0.25, -0.2) is 4.39 Å². The molecule has 1 aliphatic carbocycles. The first-order valence-corrected chi connectivity index (χ1v) is 7.91. The average molecular weight is 344 g/mol. The molecule has 1 aliphatic rings. The van der Waals surface area contributed by atoms with Crippen molar-refractivity contribution in [2.24, 2.45) is 0 Å². The molecule has 1 unspecified atom stereocenters. The van der Waals surface area contributed by atoms with Crippen LogP contribution in [0.3, 0.4) is 0 Å². The van der Waals surface area contributed by atoms with Gasteiger partial charge in [-0.1, -0.05) is 12.1 Å². The Morgan fingerprint density at radius 3 is 2.52 bits per heavy atom. The van der Waals surface area contributed by atoms with Crippen LogP contribution in [0.2, 0.25) is 0 Å². The van der Waals surface area contributed by atoms with E-state index in [2.05, 4.69) is 5.32 Å². The predicted molar refractivity (Wildman–Crippen MR) is 88.8 cm³/mol. The van der Waals surface area contributed by atoms with E-state index >= 15 is 0 Å². The molecular weight excluding hydrogens is 327 g/mol. The van der Waals surface area contributed by atoms with Crippen LogP contribution in [0.1, 0.15) is 30.1 Å². The summed E-state index contributed by atoms with van der Waals surface area (Å²) in [5.74, 6) is -0.384. The number of ether oxygens (including phenoxy) is 1. The second-order valence-electron chi connectivity index (χ2n) is 6.04. The van der Waals surface area contributed by atoms with Crippen LogP contribution < -0.4 is 10.1 Å². The maximum Gasteiger partial charge on any atom is 0.272 e. The van der Waals surface area contributed by atoms with Gasteiger partial charge in [0.05, 0.1) is 4.92 Å². The van der Waals surface area contributed by atoms with Crippen LogP contribution in [0.4, 0.5) is 10.1 Å². The third-order valence-corrected chi connectivity index (χ3v) is 3.95. The molecule has 130 valence electrons. The molecule has 0 radical (unpaired) electrons. The monoisotopic (exact) mass is 344 g/mol. The second-order valence-corrected chi connectivity index (χ2v) is 6.04. The first kappa shape index (κ1) is 16.9. The van der Waals surface area contributed by atoms with E-state index in [4.69, 9.17) is 4.74 Å². The molecule has 1 amide bonds. The van der Waals surface area contributed by atoms with Crippen LogP contribution in [0.5, 0.6) is 5.75 Å². The van der Waals surface area contributed by atoms with Gasteiger partial charge in [0.2, 0.25) is 6.10 Å².